The summed E-state index contributed by atoms with van der Waals surface area (Å²) in [5.74, 6) is 0.513. The molecule has 0 saturated carbocycles. The molecule has 0 spiro atoms. The number of nitrogens with zero attached hydrogens (tertiary/aromatic N) is 1. The van der Waals surface area contributed by atoms with Gasteiger partial charge < -0.3 is 9.64 Å². The Kier molecular flexibility index (Phi) is 5.71. The van der Waals surface area contributed by atoms with E-state index in [9.17, 15) is 9.59 Å². The zero-order chi connectivity index (χ0) is 20.1. The summed E-state index contributed by atoms with van der Waals surface area (Å²) < 4.78 is 6.11. The van der Waals surface area contributed by atoms with Crippen LogP contribution in [0.2, 0.25) is 0 Å². The Labute approximate surface area is 170 Å². The molecule has 4 heteroatoms. The van der Waals surface area contributed by atoms with Crippen LogP contribution in [-0.2, 0) is 4.79 Å². The van der Waals surface area contributed by atoms with Crippen LogP contribution < -0.4 is 4.74 Å². The van der Waals surface area contributed by atoms with Crippen molar-refractivity contribution in [2.45, 2.75) is 18.9 Å². The van der Waals surface area contributed by atoms with E-state index in [1.807, 2.05) is 53.4 Å². The summed E-state index contributed by atoms with van der Waals surface area (Å²) in [6.07, 6.45) is 1.37. The first-order valence-corrected chi connectivity index (χ1v) is 9.92. The Morgan fingerprint density at radius 3 is 1.90 bits per heavy atom. The zero-order valence-corrected chi connectivity index (χ0v) is 16.2. The maximum absolute atomic E-state index is 13.1. The van der Waals surface area contributed by atoms with Crippen LogP contribution in [0.25, 0.3) is 0 Å². The van der Waals surface area contributed by atoms with E-state index in [1.54, 1.807) is 36.4 Å². The Hall–Kier alpha value is -3.40. The number of hydrogen-bond acceptors (Lipinski definition) is 3. The number of likely N-dealkylation sites (tertiary alicyclic amines) is 1. The van der Waals surface area contributed by atoms with Crippen molar-refractivity contribution in [3.05, 3.63) is 102 Å². The molecule has 0 bridgehead atoms. The minimum atomic E-state index is -0.690. The van der Waals surface area contributed by atoms with Crippen LogP contribution in [0.4, 0.5) is 0 Å². The number of hydrogen-bond donors (Lipinski definition) is 0. The molecule has 0 aliphatic carbocycles. The lowest BCUT2D eigenvalue weighted by molar-refractivity contribution is -0.137. The van der Waals surface area contributed by atoms with Gasteiger partial charge in [0, 0.05) is 29.8 Å². The lowest BCUT2D eigenvalue weighted by Gasteiger charge is -2.24. The second-order valence-corrected chi connectivity index (χ2v) is 7.16. The topological polar surface area (TPSA) is 46.6 Å². The zero-order valence-electron chi connectivity index (χ0n) is 16.2. The van der Waals surface area contributed by atoms with Gasteiger partial charge >= 0.3 is 0 Å². The molecule has 1 heterocycles. The highest BCUT2D eigenvalue weighted by Gasteiger charge is 2.29. The largest absolute Gasteiger partial charge is 0.476 e. The number of carbonyl (C=O) groups excluding carboxylic acids is 2. The van der Waals surface area contributed by atoms with Crippen LogP contribution in [0, 0.1) is 0 Å². The van der Waals surface area contributed by atoms with Crippen molar-refractivity contribution in [2.24, 2.45) is 0 Å². The maximum Gasteiger partial charge on any atom is 0.268 e. The molecule has 1 aliphatic rings. The predicted octanol–water partition coefficient (Wildman–Crippen LogP) is 4.66. The quantitative estimate of drug-likeness (QED) is 0.580. The van der Waals surface area contributed by atoms with Crippen LogP contribution in [0.3, 0.4) is 0 Å². The van der Waals surface area contributed by atoms with Crippen molar-refractivity contribution in [3.8, 4) is 5.75 Å². The van der Waals surface area contributed by atoms with E-state index in [0.29, 0.717) is 16.9 Å². The molecule has 1 atom stereocenters. The molecule has 1 aliphatic heterocycles. The number of benzene rings is 3. The lowest BCUT2D eigenvalue weighted by atomic mass is 10.0. The van der Waals surface area contributed by atoms with E-state index in [2.05, 4.69) is 0 Å². The third-order valence-electron chi connectivity index (χ3n) is 5.15. The molecule has 1 amide bonds. The third-order valence-corrected chi connectivity index (χ3v) is 5.15. The minimum absolute atomic E-state index is 0.0156. The molecule has 146 valence electrons. The Bertz CT molecular complexity index is 962. The summed E-state index contributed by atoms with van der Waals surface area (Å²) in [4.78, 5) is 27.5. The van der Waals surface area contributed by atoms with Gasteiger partial charge in [-0.1, -0.05) is 60.7 Å². The van der Waals surface area contributed by atoms with Gasteiger partial charge in [0.2, 0.25) is 6.10 Å². The van der Waals surface area contributed by atoms with Gasteiger partial charge in [-0.2, -0.15) is 0 Å². The standard InChI is InChI=1S/C25H23NO3/c27-23(19-9-3-1-4-10-19)20-13-15-22(16-14-20)29-24(21-11-5-2-6-12-21)25(28)26-17-7-8-18-26/h1-6,9-16,24H,7-8,17-18H2. The SMILES string of the molecule is O=C(c1ccccc1)c1ccc(OC(C(=O)N2CCCC2)c2ccccc2)cc1. The molecule has 0 N–H and O–H groups in total. The summed E-state index contributed by atoms with van der Waals surface area (Å²) in [5, 5.41) is 0. The van der Waals surface area contributed by atoms with Crippen molar-refractivity contribution in [1.82, 2.24) is 4.90 Å². The molecular formula is C25H23NO3. The average Bonchev–Trinajstić information content (AvgIpc) is 3.33. The first-order chi connectivity index (χ1) is 14.2. The highest BCUT2D eigenvalue weighted by atomic mass is 16.5. The molecule has 4 nitrogen and oxygen atoms in total. The van der Waals surface area contributed by atoms with E-state index in [0.717, 1.165) is 31.5 Å². The second-order valence-electron chi connectivity index (χ2n) is 7.16. The number of amides is 1. The molecule has 3 aromatic rings. The summed E-state index contributed by atoms with van der Waals surface area (Å²) in [6.45, 7) is 1.55. The molecule has 4 rings (SSSR count). The number of rotatable bonds is 6. The second kappa shape index (κ2) is 8.74. The van der Waals surface area contributed by atoms with Crippen molar-refractivity contribution in [1.29, 1.82) is 0 Å². The first kappa shape index (κ1) is 18.9. The van der Waals surface area contributed by atoms with Crippen molar-refractivity contribution in [2.75, 3.05) is 13.1 Å². The van der Waals surface area contributed by atoms with E-state index >= 15 is 0 Å². The highest BCUT2D eigenvalue weighted by molar-refractivity contribution is 6.09. The molecule has 1 unspecified atom stereocenters. The minimum Gasteiger partial charge on any atom is -0.476 e. The van der Waals surface area contributed by atoms with Crippen molar-refractivity contribution >= 4 is 11.7 Å². The van der Waals surface area contributed by atoms with E-state index in [-0.39, 0.29) is 11.7 Å². The molecular weight excluding hydrogens is 362 g/mol. The van der Waals surface area contributed by atoms with Gasteiger partial charge in [-0.05, 0) is 37.1 Å². The predicted molar refractivity (Wildman–Crippen MR) is 112 cm³/mol. The monoisotopic (exact) mass is 385 g/mol. The van der Waals surface area contributed by atoms with E-state index < -0.39 is 6.10 Å². The molecule has 0 aromatic heterocycles. The first-order valence-electron chi connectivity index (χ1n) is 9.92. The van der Waals surface area contributed by atoms with Crippen molar-refractivity contribution < 1.29 is 14.3 Å². The highest BCUT2D eigenvalue weighted by Crippen LogP contribution is 2.26. The van der Waals surface area contributed by atoms with Gasteiger partial charge in [-0.3, -0.25) is 9.59 Å². The lowest BCUT2D eigenvalue weighted by Crippen LogP contribution is -2.35. The summed E-state index contributed by atoms with van der Waals surface area (Å²) >= 11 is 0. The summed E-state index contributed by atoms with van der Waals surface area (Å²) in [7, 11) is 0. The molecule has 0 radical (unpaired) electrons. The number of ether oxygens (including phenoxy) is 1. The van der Waals surface area contributed by atoms with Gasteiger partial charge in [0.15, 0.2) is 5.78 Å². The van der Waals surface area contributed by atoms with Gasteiger partial charge in [-0.15, -0.1) is 0 Å². The summed E-state index contributed by atoms with van der Waals surface area (Å²) in [5.41, 5.74) is 2.06. The normalized spacial score (nSPS) is 14.4. The van der Waals surface area contributed by atoms with Gasteiger partial charge in [0.25, 0.3) is 5.91 Å². The Morgan fingerprint density at radius 1 is 0.724 bits per heavy atom. The van der Waals surface area contributed by atoms with E-state index in [4.69, 9.17) is 4.74 Å². The average molecular weight is 385 g/mol. The van der Waals surface area contributed by atoms with Crippen LogP contribution in [0.5, 0.6) is 5.75 Å². The van der Waals surface area contributed by atoms with E-state index in [1.165, 1.54) is 0 Å². The van der Waals surface area contributed by atoms with Crippen LogP contribution in [0.15, 0.2) is 84.9 Å². The van der Waals surface area contributed by atoms with Crippen LogP contribution in [-0.4, -0.2) is 29.7 Å². The fourth-order valence-corrected chi connectivity index (χ4v) is 3.57. The van der Waals surface area contributed by atoms with Crippen LogP contribution >= 0.6 is 0 Å². The smallest absolute Gasteiger partial charge is 0.268 e. The van der Waals surface area contributed by atoms with Gasteiger partial charge in [0.05, 0.1) is 0 Å². The Balaban J connectivity index is 1.54. The Morgan fingerprint density at radius 2 is 1.28 bits per heavy atom. The fourth-order valence-electron chi connectivity index (χ4n) is 3.57. The van der Waals surface area contributed by atoms with Gasteiger partial charge in [-0.25, -0.2) is 0 Å². The fraction of sp³-hybridized carbons (Fsp3) is 0.200. The molecule has 1 saturated heterocycles. The van der Waals surface area contributed by atoms with Crippen LogP contribution in [0.1, 0.15) is 40.4 Å². The number of carbonyl (C=O) groups is 2. The summed E-state index contributed by atoms with van der Waals surface area (Å²) in [6, 6.07) is 25.7. The molecule has 1 fully saturated rings. The van der Waals surface area contributed by atoms with Crippen molar-refractivity contribution in [3.63, 3.8) is 0 Å². The number of ketones is 1. The molecule has 3 aromatic carbocycles. The maximum atomic E-state index is 13.1. The third kappa shape index (κ3) is 4.37. The molecule has 29 heavy (non-hydrogen) atoms. The van der Waals surface area contributed by atoms with Gasteiger partial charge in [0.1, 0.15) is 5.75 Å².